The van der Waals surface area contributed by atoms with Gasteiger partial charge in [0.05, 0.1) is 30.4 Å². The fourth-order valence-corrected chi connectivity index (χ4v) is 5.86. The monoisotopic (exact) mass is 805 g/mol. The standard InChI is InChI=1S/C35H40O6.C16H11NO2/c1-3-5-6-7-8-9-12-27-13-15-28(16-14-27)34(37)29-17-23-32(24-18-29)41-35(38)30-19-21-31(22-20-30)39-25-10-11-26-40-33(36)4-2;1-2-16(18)19-15-9-7-14(8-10-15)13-5-3-12(11-17)4-6-13/h4,13-24H,2-3,5-12,25-26H2,1H3;2-10H,1H2. The minimum Gasteiger partial charge on any atom is -0.494 e. The largest absolute Gasteiger partial charge is 0.494 e. The summed E-state index contributed by atoms with van der Waals surface area (Å²) >= 11 is 0. The fraction of sp³-hybridized carbons (Fsp3) is 0.235. The van der Waals surface area contributed by atoms with Crippen LogP contribution in [-0.4, -0.2) is 36.9 Å². The summed E-state index contributed by atoms with van der Waals surface area (Å²) in [5.74, 6) is -0.0186. The molecule has 0 saturated carbocycles. The van der Waals surface area contributed by atoms with E-state index in [4.69, 9.17) is 24.2 Å². The minimum atomic E-state index is -0.499. The molecule has 0 amide bonds. The molecule has 0 N–H and O–H groups in total. The van der Waals surface area contributed by atoms with E-state index in [9.17, 15) is 19.2 Å². The van der Waals surface area contributed by atoms with E-state index >= 15 is 0 Å². The van der Waals surface area contributed by atoms with Gasteiger partial charge in [0.2, 0.25) is 0 Å². The number of carbonyl (C=O) groups is 4. The van der Waals surface area contributed by atoms with Gasteiger partial charge in [-0.25, -0.2) is 14.4 Å². The number of hydrogen-bond donors (Lipinski definition) is 0. The first kappa shape index (κ1) is 45.6. The first-order chi connectivity index (χ1) is 29.2. The van der Waals surface area contributed by atoms with Crippen molar-refractivity contribution in [1.29, 1.82) is 5.26 Å². The molecule has 0 aliphatic heterocycles. The van der Waals surface area contributed by atoms with Crippen LogP contribution < -0.4 is 14.2 Å². The predicted octanol–water partition coefficient (Wildman–Crippen LogP) is 11.2. The number of aryl methyl sites for hydroxylation is 1. The summed E-state index contributed by atoms with van der Waals surface area (Å²) in [5, 5.41) is 8.74. The molecule has 9 heteroatoms. The van der Waals surface area contributed by atoms with Gasteiger partial charge >= 0.3 is 17.9 Å². The molecule has 9 nitrogen and oxygen atoms in total. The first-order valence-corrected chi connectivity index (χ1v) is 20.2. The van der Waals surface area contributed by atoms with E-state index in [1.54, 1.807) is 72.8 Å². The maximum absolute atomic E-state index is 12.9. The Balaban J connectivity index is 0.000000347. The number of ketones is 1. The number of hydrogen-bond acceptors (Lipinski definition) is 9. The Morgan fingerprint density at radius 3 is 1.65 bits per heavy atom. The zero-order chi connectivity index (χ0) is 43.0. The van der Waals surface area contributed by atoms with Crippen LogP contribution in [0, 0.1) is 11.3 Å². The van der Waals surface area contributed by atoms with Crippen molar-refractivity contribution in [2.24, 2.45) is 0 Å². The normalized spacial score (nSPS) is 10.2. The average molecular weight is 806 g/mol. The summed E-state index contributed by atoms with van der Waals surface area (Å²) in [6.07, 6.45) is 12.3. The Hall–Kier alpha value is -7.05. The minimum absolute atomic E-state index is 0.0673. The van der Waals surface area contributed by atoms with Gasteiger partial charge in [-0.05, 0) is 115 Å². The molecule has 308 valence electrons. The second-order valence-corrected chi connectivity index (χ2v) is 13.7. The van der Waals surface area contributed by atoms with Crippen LogP contribution in [0.25, 0.3) is 11.1 Å². The van der Waals surface area contributed by atoms with Gasteiger partial charge in [-0.3, -0.25) is 4.79 Å². The number of nitrogens with zero attached hydrogens (tertiary/aromatic N) is 1. The van der Waals surface area contributed by atoms with E-state index in [2.05, 4.69) is 26.2 Å². The summed E-state index contributed by atoms with van der Waals surface area (Å²) in [6, 6.07) is 37.6. The highest BCUT2D eigenvalue weighted by atomic mass is 16.5. The predicted molar refractivity (Wildman–Crippen MR) is 233 cm³/mol. The molecule has 0 heterocycles. The summed E-state index contributed by atoms with van der Waals surface area (Å²) in [7, 11) is 0. The van der Waals surface area contributed by atoms with Crippen LogP contribution in [0.3, 0.4) is 0 Å². The van der Waals surface area contributed by atoms with Crippen molar-refractivity contribution in [3.8, 4) is 34.4 Å². The number of esters is 3. The van der Waals surface area contributed by atoms with Crippen molar-refractivity contribution in [3.63, 3.8) is 0 Å². The Kier molecular flexibility index (Phi) is 19.3. The van der Waals surface area contributed by atoms with Crippen LogP contribution in [0.1, 0.15) is 95.7 Å². The molecule has 5 aromatic rings. The Labute approximate surface area is 352 Å². The molecule has 0 spiro atoms. The third-order valence-electron chi connectivity index (χ3n) is 9.26. The van der Waals surface area contributed by atoms with E-state index in [0.717, 1.165) is 36.1 Å². The van der Waals surface area contributed by atoms with E-state index in [1.165, 1.54) is 44.1 Å². The molecule has 60 heavy (non-hydrogen) atoms. The van der Waals surface area contributed by atoms with Gasteiger partial charge in [-0.2, -0.15) is 5.26 Å². The van der Waals surface area contributed by atoms with Crippen LogP contribution in [0.4, 0.5) is 0 Å². The van der Waals surface area contributed by atoms with E-state index in [-0.39, 0.29) is 5.78 Å². The van der Waals surface area contributed by atoms with E-state index in [1.807, 2.05) is 48.5 Å². The highest BCUT2D eigenvalue weighted by Crippen LogP contribution is 2.23. The maximum atomic E-state index is 12.9. The van der Waals surface area contributed by atoms with Gasteiger partial charge in [0.1, 0.15) is 17.2 Å². The SMILES string of the molecule is C=CC(=O)OCCCCOc1ccc(C(=O)Oc2ccc(C(=O)c3ccc(CCCCCCCC)cc3)cc2)cc1.C=CC(=O)Oc1ccc(-c2ccc(C#N)cc2)cc1. The highest BCUT2D eigenvalue weighted by molar-refractivity contribution is 6.09. The van der Waals surface area contributed by atoms with Crippen molar-refractivity contribution in [3.05, 3.63) is 174 Å². The zero-order valence-corrected chi connectivity index (χ0v) is 34.1. The average Bonchev–Trinajstić information content (AvgIpc) is 3.29. The third-order valence-corrected chi connectivity index (χ3v) is 9.26. The van der Waals surface area contributed by atoms with E-state index in [0.29, 0.717) is 59.1 Å². The van der Waals surface area contributed by atoms with Crippen LogP contribution >= 0.6 is 0 Å². The molecule has 0 unspecified atom stereocenters. The lowest BCUT2D eigenvalue weighted by atomic mass is 10.00. The lowest BCUT2D eigenvalue weighted by Gasteiger charge is -2.08. The summed E-state index contributed by atoms with van der Waals surface area (Å²) < 4.78 is 21.0. The number of rotatable bonds is 21. The zero-order valence-electron chi connectivity index (χ0n) is 34.1. The summed E-state index contributed by atoms with van der Waals surface area (Å²) in [6.45, 7) is 9.70. The molecule has 0 aromatic heterocycles. The van der Waals surface area contributed by atoms with Crippen LogP contribution in [0.2, 0.25) is 0 Å². The van der Waals surface area contributed by atoms with Gasteiger partial charge in [-0.15, -0.1) is 0 Å². The molecule has 0 radical (unpaired) electrons. The highest BCUT2D eigenvalue weighted by Gasteiger charge is 2.12. The van der Waals surface area contributed by atoms with Gasteiger partial charge in [0.25, 0.3) is 0 Å². The number of nitriles is 1. The van der Waals surface area contributed by atoms with Crippen molar-refractivity contribution in [2.45, 2.75) is 64.7 Å². The van der Waals surface area contributed by atoms with Crippen molar-refractivity contribution in [1.82, 2.24) is 0 Å². The lowest BCUT2D eigenvalue weighted by Crippen LogP contribution is -2.09. The van der Waals surface area contributed by atoms with Crippen molar-refractivity contribution < 1.29 is 38.1 Å². The molecule has 5 rings (SSSR count). The van der Waals surface area contributed by atoms with Crippen molar-refractivity contribution in [2.75, 3.05) is 13.2 Å². The second-order valence-electron chi connectivity index (χ2n) is 13.7. The summed E-state index contributed by atoms with van der Waals surface area (Å²) in [4.78, 5) is 47.5. The molecular formula is C51H51NO8. The Morgan fingerprint density at radius 1 is 0.550 bits per heavy atom. The topological polar surface area (TPSA) is 129 Å². The number of carbonyl (C=O) groups excluding carboxylic acids is 4. The van der Waals surface area contributed by atoms with Crippen molar-refractivity contribution >= 4 is 23.7 Å². The molecule has 0 aliphatic carbocycles. The third kappa shape index (κ3) is 15.7. The van der Waals surface area contributed by atoms with E-state index < -0.39 is 17.9 Å². The van der Waals surface area contributed by atoms with Gasteiger partial charge in [-0.1, -0.05) is 101 Å². The van der Waals surface area contributed by atoms with Crippen LogP contribution in [0.15, 0.2) is 147 Å². The van der Waals surface area contributed by atoms with Gasteiger partial charge in [0, 0.05) is 23.3 Å². The molecule has 0 saturated heterocycles. The van der Waals surface area contributed by atoms with Gasteiger partial charge in [0.15, 0.2) is 5.78 Å². The number of benzene rings is 5. The molecule has 5 aromatic carbocycles. The number of ether oxygens (including phenoxy) is 4. The Bertz CT molecular complexity index is 2180. The van der Waals surface area contributed by atoms with Crippen LogP contribution in [0.5, 0.6) is 17.2 Å². The fourth-order valence-electron chi connectivity index (χ4n) is 5.86. The smallest absolute Gasteiger partial charge is 0.343 e. The molecule has 0 fully saturated rings. The Morgan fingerprint density at radius 2 is 1.05 bits per heavy atom. The quantitative estimate of drug-likeness (QED) is 0.0234. The van der Waals surface area contributed by atoms with Crippen LogP contribution in [-0.2, 0) is 20.7 Å². The molecule has 0 aliphatic rings. The summed E-state index contributed by atoms with van der Waals surface area (Å²) in [5.41, 5.74) is 5.43. The maximum Gasteiger partial charge on any atom is 0.343 e. The van der Waals surface area contributed by atoms with Gasteiger partial charge < -0.3 is 18.9 Å². The lowest BCUT2D eigenvalue weighted by molar-refractivity contribution is -0.138. The molecule has 0 bridgehead atoms. The first-order valence-electron chi connectivity index (χ1n) is 20.2. The second kappa shape index (κ2) is 25.3. The molecule has 0 atom stereocenters. The molecular weight excluding hydrogens is 755 g/mol. The number of unbranched alkanes of at least 4 members (excludes halogenated alkanes) is 6.